The van der Waals surface area contributed by atoms with Crippen LogP contribution < -0.4 is 10.2 Å². The summed E-state index contributed by atoms with van der Waals surface area (Å²) < 4.78 is 0.957. The van der Waals surface area contributed by atoms with Crippen molar-refractivity contribution in [2.75, 3.05) is 4.90 Å². The molecular formula is C18H17BrN2O2. The Morgan fingerprint density at radius 1 is 1.17 bits per heavy atom. The Morgan fingerprint density at radius 2 is 1.87 bits per heavy atom. The molecule has 23 heavy (non-hydrogen) atoms. The fourth-order valence-corrected chi connectivity index (χ4v) is 3.35. The molecule has 0 bridgehead atoms. The summed E-state index contributed by atoms with van der Waals surface area (Å²) in [5, 5.41) is 2.94. The van der Waals surface area contributed by atoms with Crippen molar-refractivity contribution in [3.05, 3.63) is 64.1 Å². The third kappa shape index (κ3) is 3.15. The first-order valence-corrected chi connectivity index (χ1v) is 8.26. The average molecular weight is 373 g/mol. The van der Waals surface area contributed by atoms with Crippen LogP contribution in [-0.2, 0) is 22.6 Å². The number of nitrogens with one attached hydrogen (secondary N) is 1. The van der Waals surface area contributed by atoms with Crippen molar-refractivity contribution in [3.63, 3.8) is 0 Å². The van der Waals surface area contributed by atoms with Crippen LogP contribution in [0.2, 0.25) is 0 Å². The van der Waals surface area contributed by atoms with Gasteiger partial charge in [-0.3, -0.25) is 14.5 Å². The Morgan fingerprint density at radius 3 is 2.61 bits per heavy atom. The van der Waals surface area contributed by atoms with Gasteiger partial charge in [0.05, 0.1) is 0 Å². The van der Waals surface area contributed by atoms with E-state index in [1.165, 1.54) is 6.92 Å². The molecule has 2 amide bonds. The summed E-state index contributed by atoms with van der Waals surface area (Å²) in [5.74, 6) is -0.247. The van der Waals surface area contributed by atoms with Crippen LogP contribution in [0.4, 0.5) is 5.69 Å². The topological polar surface area (TPSA) is 49.4 Å². The maximum absolute atomic E-state index is 12.6. The number of para-hydroxylation sites is 1. The largest absolute Gasteiger partial charge is 0.350 e. The lowest BCUT2D eigenvalue weighted by Crippen LogP contribution is -2.47. The van der Waals surface area contributed by atoms with Crippen LogP contribution in [-0.4, -0.2) is 17.9 Å². The number of fused-ring (bicyclic) bond motifs is 1. The predicted octanol–water partition coefficient (Wildman–Crippen LogP) is 3.04. The smallest absolute Gasteiger partial charge is 0.243 e. The molecule has 1 atom stereocenters. The van der Waals surface area contributed by atoms with Gasteiger partial charge in [0, 0.05) is 30.0 Å². The SMILES string of the molecule is CC(=O)N1c2ccccc2CC1C(=O)NCc1ccccc1Br. The molecule has 1 aliphatic rings. The minimum atomic E-state index is -0.479. The van der Waals surface area contributed by atoms with Crippen LogP contribution in [0.3, 0.4) is 0 Å². The molecule has 2 aromatic carbocycles. The Bertz CT molecular complexity index is 760. The highest BCUT2D eigenvalue weighted by molar-refractivity contribution is 9.10. The third-order valence-electron chi connectivity index (χ3n) is 4.03. The van der Waals surface area contributed by atoms with Crippen LogP contribution in [0.25, 0.3) is 0 Å². The minimum absolute atomic E-state index is 0.115. The van der Waals surface area contributed by atoms with Crippen LogP contribution in [0.1, 0.15) is 18.1 Å². The van der Waals surface area contributed by atoms with Crippen molar-refractivity contribution in [1.29, 1.82) is 0 Å². The molecule has 0 spiro atoms. The van der Waals surface area contributed by atoms with E-state index in [2.05, 4.69) is 21.2 Å². The zero-order valence-corrected chi connectivity index (χ0v) is 14.3. The number of halogens is 1. The van der Waals surface area contributed by atoms with E-state index in [4.69, 9.17) is 0 Å². The number of hydrogen-bond acceptors (Lipinski definition) is 2. The first kappa shape index (κ1) is 15.7. The Kier molecular flexibility index (Phi) is 4.48. The maximum atomic E-state index is 12.6. The highest BCUT2D eigenvalue weighted by Crippen LogP contribution is 2.32. The molecule has 0 aromatic heterocycles. The highest BCUT2D eigenvalue weighted by atomic mass is 79.9. The van der Waals surface area contributed by atoms with Gasteiger partial charge < -0.3 is 5.32 Å². The summed E-state index contributed by atoms with van der Waals surface area (Å²) in [7, 11) is 0. The van der Waals surface area contributed by atoms with E-state index in [1.54, 1.807) is 4.90 Å². The van der Waals surface area contributed by atoms with Gasteiger partial charge in [0.2, 0.25) is 11.8 Å². The molecule has 0 saturated carbocycles. The van der Waals surface area contributed by atoms with E-state index in [9.17, 15) is 9.59 Å². The van der Waals surface area contributed by atoms with Crippen molar-refractivity contribution in [3.8, 4) is 0 Å². The quantitative estimate of drug-likeness (QED) is 0.899. The molecule has 2 aromatic rings. The second-order valence-corrected chi connectivity index (χ2v) is 6.40. The molecule has 0 aliphatic carbocycles. The van der Waals surface area contributed by atoms with E-state index in [0.717, 1.165) is 21.3 Å². The number of amides is 2. The van der Waals surface area contributed by atoms with E-state index < -0.39 is 6.04 Å². The van der Waals surface area contributed by atoms with E-state index in [0.29, 0.717) is 13.0 Å². The molecular weight excluding hydrogens is 356 g/mol. The second-order valence-electron chi connectivity index (χ2n) is 5.55. The molecule has 0 saturated heterocycles. The van der Waals surface area contributed by atoms with Gasteiger partial charge in [-0.1, -0.05) is 52.3 Å². The first-order chi connectivity index (χ1) is 11.1. The van der Waals surface area contributed by atoms with Gasteiger partial charge in [0.15, 0.2) is 0 Å². The summed E-state index contributed by atoms with van der Waals surface area (Å²) >= 11 is 3.47. The fourth-order valence-electron chi connectivity index (χ4n) is 2.93. The van der Waals surface area contributed by atoms with Gasteiger partial charge in [-0.05, 0) is 23.3 Å². The number of hydrogen-bond donors (Lipinski definition) is 1. The first-order valence-electron chi connectivity index (χ1n) is 7.46. The summed E-state index contributed by atoms with van der Waals surface area (Å²) in [4.78, 5) is 26.2. The van der Waals surface area contributed by atoms with Gasteiger partial charge in [-0.25, -0.2) is 0 Å². The summed E-state index contributed by atoms with van der Waals surface area (Å²) in [6.07, 6.45) is 0.553. The number of nitrogens with zero attached hydrogens (tertiary/aromatic N) is 1. The zero-order valence-electron chi connectivity index (χ0n) is 12.8. The fraction of sp³-hybridized carbons (Fsp3) is 0.222. The molecule has 118 valence electrons. The third-order valence-corrected chi connectivity index (χ3v) is 4.80. The van der Waals surface area contributed by atoms with Gasteiger partial charge in [-0.2, -0.15) is 0 Å². The number of carbonyl (C=O) groups excluding carboxylic acids is 2. The lowest BCUT2D eigenvalue weighted by Gasteiger charge is -2.23. The molecule has 0 fully saturated rings. The van der Waals surface area contributed by atoms with Gasteiger partial charge in [-0.15, -0.1) is 0 Å². The minimum Gasteiger partial charge on any atom is -0.350 e. The molecule has 1 N–H and O–H groups in total. The van der Waals surface area contributed by atoms with Crippen LogP contribution >= 0.6 is 15.9 Å². The predicted molar refractivity (Wildman–Crippen MR) is 93.1 cm³/mol. The molecule has 5 heteroatoms. The number of carbonyl (C=O) groups is 2. The summed E-state index contributed by atoms with van der Waals surface area (Å²) in [6.45, 7) is 1.93. The van der Waals surface area contributed by atoms with Crippen molar-refractivity contribution in [2.45, 2.75) is 25.9 Å². The highest BCUT2D eigenvalue weighted by Gasteiger charge is 2.36. The van der Waals surface area contributed by atoms with Crippen molar-refractivity contribution >= 4 is 33.4 Å². The Hall–Kier alpha value is -2.14. The zero-order chi connectivity index (χ0) is 16.4. The molecule has 1 heterocycles. The van der Waals surface area contributed by atoms with Gasteiger partial charge >= 0.3 is 0 Å². The second kappa shape index (κ2) is 6.54. The lowest BCUT2D eigenvalue weighted by atomic mass is 10.1. The normalized spacial score (nSPS) is 16.1. The Balaban J connectivity index is 1.75. The number of rotatable bonds is 3. The van der Waals surface area contributed by atoms with Crippen LogP contribution in [0, 0.1) is 0 Å². The van der Waals surface area contributed by atoms with Crippen molar-refractivity contribution < 1.29 is 9.59 Å². The van der Waals surface area contributed by atoms with Crippen LogP contribution in [0.15, 0.2) is 53.0 Å². The summed E-state index contributed by atoms with van der Waals surface area (Å²) in [6, 6.07) is 14.9. The maximum Gasteiger partial charge on any atom is 0.243 e. The van der Waals surface area contributed by atoms with E-state index in [-0.39, 0.29) is 11.8 Å². The van der Waals surface area contributed by atoms with Gasteiger partial charge in [0.1, 0.15) is 6.04 Å². The standard InChI is InChI=1S/C18H17BrN2O2/c1-12(22)21-16-9-5-3-6-13(16)10-17(21)18(23)20-11-14-7-2-4-8-15(14)19/h2-9,17H,10-11H2,1H3,(H,20,23). The van der Waals surface area contributed by atoms with Crippen molar-refractivity contribution in [2.24, 2.45) is 0 Å². The molecule has 4 nitrogen and oxygen atoms in total. The number of anilines is 1. The van der Waals surface area contributed by atoms with E-state index >= 15 is 0 Å². The average Bonchev–Trinajstić information content (AvgIpc) is 2.93. The molecule has 0 radical (unpaired) electrons. The monoisotopic (exact) mass is 372 g/mol. The number of benzene rings is 2. The van der Waals surface area contributed by atoms with E-state index in [1.807, 2.05) is 48.5 Å². The molecule has 1 unspecified atom stereocenters. The lowest BCUT2D eigenvalue weighted by molar-refractivity contribution is -0.125. The van der Waals surface area contributed by atoms with Crippen LogP contribution in [0.5, 0.6) is 0 Å². The van der Waals surface area contributed by atoms with Crippen molar-refractivity contribution in [1.82, 2.24) is 5.32 Å². The Labute approximate surface area is 143 Å². The summed E-state index contributed by atoms with van der Waals surface area (Å²) in [5.41, 5.74) is 2.87. The van der Waals surface area contributed by atoms with Gasteiger partial charge in [0.25, 0.3) is 0 Å². The molecule has 3 rings (SSSR count). The molecule has 1 aliphatic heterocycles.